The van der Waals surface area contributed by atoms with E-state index < -0.39 is 0 Å². The van der Waals surface area contributed by atoms with E-state index in [2.05, 4.69) is 22.9 Å². The summed E-state index contributed by atoms with van der Waals surface area (Å²) in [5.74, 6) is 0.682. The first-order chi connectivity index (χ1) is 14.6. The maximum atomic E-state index is 12.9. The zero-order chi connectivity index (χ0) is 21.1. The number of benzene rings is 3. The Morgan fingerprint density at radius 2 is 1.63 bits per heavy atom. The minimum absolute atomic E-state index is 0.0196. The van der Waals surface area contributed by atoms with Gasteiger partial charge in [-0.1, -0.05) is 77.5 Å². The van der Waals surface area contributed by atoms with Crippen LogP contribution < -0.4 is 0 Å². The van der Waals surface area contributed by atoms with E-state index in [0.717, 1.165) is 22.1 Å². The first kappa shape index (κ1) is 20.4. The molecule has 4 rings (SSSR count). The van der Waals surface area contributed by atoms with Crippen LogP contribution in [0.1, 0.15) is 22.8 Å². The van der Waals surface area contributed by atoms with E-state index in [1.165, 1.54) is 5.56 Å². The molecule has 4 nitrogen and oxygen atoms in total. The summed E-state index contributed by atoms with van der Waals surface area (Å²) >= 11 is 9.20. The van der Waals surface area contributed by atoms with Crippen LogP contribution in [0.2, 0.25) is 0 Å². The van der Waals surface area contributed by atoms with Crippen LogP contribution in [0.5, 0.6) is 0 Å². The molecule has 0 atom stereocenters. The molecule has 1 heterocycles. The molecule has 4 aromatic rings. The predicted octanol–water partition coefficient (Wildman–Crippen LogP) is 6.28. The second-order valence-electron chi connectivity index (χ2n) is 6.92. The maximum Gasteiger partial charge on any atom is 0.203 e. The molecular weight excluding hydrogens is 458 g/mol. The van der Waals surface area contributed by atoms with Crippen molar-refractivity contribution >= 4 is 33.9 Å². The van der Waals surface area contributed by atoms with E-state index in [9.17, 15) is 4.79 Å². The molecule has 0 spiro atoms. The van der Waals surface area contributed by atoms with Crippen LogP contribution in [-0.4, -0.2) is 20.1 Å². The molecule has 30 heavy (non-hydrogen) atoms. The highest BCUT2D eigenvalue weighted by Gasteiger charge is 2.17. The quantitative estimate of drug-likeness (QED) is 0.242. The molecule has 0 fully saturated rings. The lowest BCUT2D eigenvalue weighted by atomic mass is 10.1. The van der Waals surface area contributed by atoms with Crippen LogP contribution in [0.3, 0.4) is 0 Å². The number of hydrogen-bond donors (Lipinski definition) is 0. The van der Waals surface area contributed by atoms with Gasteiger partial charge < -0.3 is 0 Å². The van der Waals surface area contributed by atoms with Crippen LogP contribution in [0.25, 0.3) is 17.1 Å². The molecule has 1 aromatic heterocycles. The van der Waals surface area contributed by atoms with Gasteiger partial charge in [0.25, 0.3) is 0 Å². The van der Waals surface area contributed by atoms with Crippen LogP contribution >= 0.6 is 28.1 Å². The SMILES string of the molecule is CCc1ccc(C(=O)Cn2nc(-c3ccc(Br)cc3)n(-c3ccccc3)c2=S)cc1. The molecule has 0 aliphatic carbocycles. The molecule has 0 aliphatic heterocycles. The lowest BCUT2D eigenvalue weighted by Crippen LogP contribution is -2.12. The summed E-state index contributed by atoms with van der Waals surface area (Å²) in [4.78, 5) is 12.9. The standard InChI is InChI=1S/C24H20BrN3OS/c1-2-17-8-10-18(11-9-17)22(29)16-27-24(30)28(21-6-4-3-5-7-21)23(26-27)19-12-14-20(25)15-13-19/h3-15H,2,16H2,1H3. The van der Waals surface area contributed by atoms with Gasteiger partial charge in [0.05, 0.1) is 0 Å². The van der Waals surface area contributed by atoms with E-state index >= 15 is 0 Å². The molecule has 6 heteroatoms. The fourth-order valence-corrected chi connectivity index (χ4v) is 3.82. The molecule has 0 saturated carbocycles. The number of rotatable bonds is 6. The molecule has 0 unspecified atom stereocenters. The maximum absolute atomic E-state index is 12.9. The summed E-state index contributed by atoms with van der Waals surface area (Å²) in [6, 6.07) is 25.5. The normalized spacial score (nSPS) is 10.9. The van der Waals surface area contributed by atoms with E-state index in [-0.39, 0.29) is 12.3 Å². The Balaban J connectivity index is 1.76. The molecule has 0 radical (unpaired) electrons. The average molecular weight is 478 g/mol. The van der Waals surface area contributed by atoms with E-state index in [1.807, 2.05) is 83.4 Å². The number of halogens is 1. The highest BCUT2D eigenvalue weighted by Crippen LogP contribution is 2.24. The number of ketones is 1. The van der Waals surface area contributed by atoms with E-state index in [4.69, 9.17) is 17.3 Å². The Hall–Kier alpha value is -2.83. The molecular formula is C24H20BrN3OS. The number of para-hydroxylation sites is 1. The number of aryl methyl sites for hydroxylation is 1. The molecule has 0 amide bonds. The van der Waals surface area contributed by atoms with Gasteiger partial charge in [-0.05, 0) is 48.5 Å². The Morgan fingerprint density at radius 3 is 2.27 bits per heavy atom. The van der Waals surface area contributed by atoms with Crippen LogP contribution in [0, 0.1) is 4.77 Å². The average Bonchev–Trinajstić information content (AvgIpc) is 3.10. The topological polar surface area (TPSA) is 39.8 Å². The van der Waals surface area contributed by atoms with Crippen LogP contribution in [-0.2, 0) is 13.0 Å². The van der Waals surface area contributed by atoms with Crippen molar-refractivity contribution in [3.8, 4) is 17.1 Å². The first-order valence-corrected chi connectivity index (χ1v) is 10.9. The fourth-order valence-electron chi connectivity index (χ4n) is 3.26. The van der Waals surface area contributed by atoms with Gasteiger partial charge in [-0.2, -0.15) is 5.10 Å². The van der Waals surface area contributed by atoms with Gasteiger partial charge in [-0.3, -0.25) is 9.36 Å². The molecule has 0 aliphatic rings. The van der Waals surface area contributed by atoms with Crippen LogP contribution in [0.15, 0.2) is 83.3 Å². The zero-order valence-electron chi connectivity index (χ0n) is 16.5. The number of carbonyl (C=O) groups is 1. The van der Waals surface area contributed by atoms with Crippen LogP contribution in [0.4, 0.5) is 0 Å². The van der Waals surface area contributed by atoms with Gasteiger partial charge >= 0.3 is 0 Å². The fraction of sp³-hybridized carbons (Fsp3) is 0.125. The van der Waals surface area contributed by atoms with Crippen molar-refractivity contribution in [1.29, 1.82) is 0 Å². The zero-order valence-corrected chi connectivity index (χ0v) is 18.9. The number of carbonyl (C=O) groups excluding carboxylic acids is 1. The Bertz CT molecular complexity index is 1230. The third-order valence-electron chi connectivity index (χ3n) is 4.93. The molecule has 0 saturated heterocycles. The summed E-state index contributed by atoms with van der Waals surface area (Å²) in [5.41, 5.74) is 3.70. The summed E-state index contributed by atoms with van der Waals surface area (Å²) in [5, 5.41) is 4.72. The van der Waals surface area contributed by atoms with Crippen molar-refractivity contribution in [3.63, 3.8) is 0 Å². The van der Waals surface area contributed by atoms with E-state index in [0.29, 0.717) is 16.2 Å². The third kappa shape index (κ3) is 4.20. The van der Waals surface area contributed by atoms with Gasteiger partial charge in [0.2, 0.25) is 4.77 Å². The van der Waals surface area contributed by atoms with Crippen molar-refractivity contribution in [1.82, 2.24) is 14.3 Å². The largest absolute Gasteiger partial charge is 0.292 e. The molecule has 150 valence electrons. The predicted molar refractivity (Wildman–Crippen MR) is 126 cm³/mol. The highest BCUT2D eigenvalue weighted by atomic mass is 79.9. The number of Topliss-reactive ketones (excluding diaryl/α,β-unsaturated/α-hetero) is 1. The summed E-state index contributed by atoms with van der Waals surface area (Å²) < 4.78 is 4.99. The Labute approximate surface area is 188 Å². The molecule has 3 aromatic carbocycles. The first-order valence-electron chi connectivity index (χ1n) is 9.70. The number of aromatic nitrogens is 3. The van der Waals surface area contributed by atoms with Crippen molar-refractivity contribution < 1.29 is 4.79 Å². The summed E-state index contributed by atoms with van der Waals surface area (Å²) in [7, 11) is 0. The minimum Gasteiger partial charge on any atom is -0.292 e. The lowest BCUT2D eigenvalue weighted by molar-refractivity contribution is 0.0967. The Morgan fingerprint density at radius 1 is 0.967 bits per heavy atom. The second-order valence-corrected chi connectivity index (χ2v) is 8.20. The van der Waals surface area contributed by atoms with Gasteiger partial charge in [0.1, 0.15) is 6.54 Å². The van der Waals surface area contributed by atoms with E-state index in [1.54, 1.807) is 4.68 Å². The van der Waals surface area contributed by atoms with Crippen molar-refractivity contribution in [3.05, 3.63) is 99.2 Å². The molecule has 0 bridgehead atoms. The van der Waals surface area contributed by atoms with Gasteiger partial charge in [0.15, 0.2) is 11.6 Å². The molecule has 0 N–H and O–H groups in total. The minimum atomic E-state index is -0.0196. The summed E-state index contributed by atoms with van der Waals surface area (Å²) in [6.45, 7) is 2.18. The van der Waals surface area contributed by atoms with Gasteiger partial charge in [-0.15, -0.1) is 0 Å². The second kappa shape index (κ2) is 8.90. The lowest BCUT2D eigenvalue weighted by Gasteiger charge is -2.06. The number of hydrogen-bond acceptors (Lipinski definition) is 3. The van der Waals surface area contributed by atoms with Crippen molar-refractivity contribution in [2.24, 2.45) is 0 Å². The number of nitrogens with zero attached hydrogens (tertiary/aromatic N) is 3. The smallest absolute Gasteiger partial charge is 0.203 e. The van der Waals surface area contributed by atoms with Crippen molar-refractivity contribution in [2.45, 2.75) is 19.9 Å². The summed E-state index contributed by atoms with van der Waals surface area (Å²) in [6.07, 6.45) is 0.942. The van der Waals surface area contributed by atoms with Gasteiger partial charge in [0, 0.05) is 21.3 Å². The highest BCUT2D eigenvalue weighted by molar-refractivity contribution is 9.10. The monoisotopic (exact) mass is 477 g/mol. The Kier molecular flexibility index (Phi) is 6.06. The van der Waals surface area contributed by atoms with Crippen molar-refractivity contribution in [2.75, 3.05) is 0 Å². The van der Waals surface area contributed by atoms with Gasteiger partial charge in [-0.25, -0.2) is 4.68 Å². The third-order valence-corrected chi connectivity index (χ3v) is 5.86.